The third-order valence-corrected chi connectivity index (χ3v) is 4.87. The molecule has 0 saturated heterocycles. The fourth-order valence-electron chi connectivity index (χ4n) is 2.97. The van der Waals surface area contributed by atoms with Crippen LogP contribution in [-0.2, 0) is 4.74 Å². The first-order valence-corrected chi connectivity index (χ1v) is 6.92. The summed E-state index contributed by atoms with van der Waals surface area (Å²) < 4.78 is 5.41. The zero-order chi connectivity index (χ0) is 11.6. The Hall–Kier alpha value is -0.0800. The van der Waals surface area contributed by atoms with Crippen molar-refractivity contribution in [1.29, 1.82) is 0 Å². The molecule has 0 aromatic carbocycles. The smallest absolute Gasteiger partial charge is 0.0572 e. The van der Waals surface area contributed by atoms with E-state index < -0.39 is 0 Å². The van der Waals surface area contributed by atoms with Gasteiger partial charge in [-0.1, -0.05) is 13.8 Å². The number of nitrogens with one attached hydrogen (secondary N) is 1. The highest BCUT2D eigenvalue weighted by Gasteiger charge is 2.45. The lowest BCUT2D eigenvalue weighted by atomic mass is 9.89. The normalized spacial score (nSPS) is 33.0. The van der Waals surface area contributed by atoms with Crippen molar-refractivity contribution >= 4 is 0 Å². The molecule has 2 aliphatic carbocycles. The maximum absolute atomic E-state index is 5.41. The molecule has 0 spiro atoms. The minimum Gasteiger partial charge on any atom is -0.381 e. The van der Waals surface area contributed by atoms with Crippen molar-refractivity contribution in [2.75, 3.05) is 13.7 Å². The van der Waals surface area contributed by atoms with Gasteiger partial charge in [0.2, 0.25) is 0 Å². The monoisotopic (exact) mass is 225 g/mol. The summed E-state index contributed by atoms with van der Waals surface area (Å²) in [7, 11) is 1.84. The molecule has 1 N–H and O–H groups in total. The van der Waals surface area contributed by atoms with Gasteiger partial charge in [0, 0.05) is 19.7 Å². The Morgan fingerprint density at radius 2 is 1.81 bits per heavy atom. The Morgan fingerprint density at radius 1 is 1.19 bits per heavy atom. The Kier molecular flexibility index (Phi) is 3.91. The molecule has 2 nitrogen and oxygen atoms in total. The van der Waals surface area contributed by atoms with Crippen molar-refractivity contribution in [3.63, 3.8) is 0 Å². The van der Waals surface area contributed by atoms with Gasteiger partial charge in [-0.2, -0.15) is 0 Å². The maximum atomic E-state index is 5.41. The Labute approximate surface area is 100 Å². The molecule has 0 atom stereocenters. The van der Waals surface area contributed by atoms with Crippen molar-refractivity contribution < 1.29 is 4.74 Å². The van der Waals surface area contributed by atoms with Crippen LogP contribution in [0, 0.1) is 11.3 Å². The Bertz CT molecular complexity index is 215. The number of hydrogen-bond acceptors (Lipinski definition) is 2. The molecule has 2 rings (SSSR count). The molecule has 0 heterocycles. The van der Waals surface area contributed by atoms with Gasteiger partial charge in [0.15, 0.2) is 0 Å². The molecule has 2 fully saturated rings. The molecule has 94 valence electrons. The predicted molar refractivity (Wildman–Crippen MR) is 67.6 cm³/mol. The minimum atomic E-state index is 0.526. The Balaban J connectivity index is 1.68. The average Bonchev–Trinajstić information content (AvgIpc) is 3.08. The van der Waals surface area contributed by atoms with Gasteiger partial charge in [-0.25, -0.2) is 0 Å². The molecule has 16 heavy (non-hydrogen) atoms. The lowest BCUT2D eigenvalue weighted by Gasteiger charge is -2.30. The van der Waals surface area contributed by atoms with Crippen molar-refractivity contribution in [2.45, 2.75) is 64.5 Å². The summed E-state index contributed by atoms with van der Waals surface area (Å²) in [4.78, 5) is 0. The standard InChI is InChI=1S/C14H27NO/c1-11(2)14(8-9-14)10-15-12-4-6-13(16-3)7-5-12/h11-13,15H,4-10H2,1-3H3. The van der Waals surface area contributed by atoms with Crippen molar-refractivity contribution in [3.05, 3.63) is 0 Å². The first kappa shape index (κ1) is 12.4. The van der Waals surface area contributed by atoms with Crippen LogP contribution in [0.4, 0.5) is 0 Å². The summed E-state index contributed by atoms with van der Waals surface area (Å²) >= 11 is 0. The van der Waals surface area contributed by atoms with E-state index in [0.717, 1.165) is 12.0 Å². The lowest BCUT2D eigenvalue weighted by Crippen LogP contribution is -2.39. The summed E-state index contributed by atoms with van der Waals surface area (Å²) in [5.74, 6) is 0.843. The summed E-state index contributed by atoms with van der Waals surface area (Å²) in [6, 6.07) is 0.752. The fraction of sp³-hybridized carbons (Fsp3) is 1.00. The number of methoxy groups -OCH3 is 1. The van der Waals surface area contributed by atoms with E-state index in [4.69, 9.17) is 4.74 Å². The molecule has 0 amide bonds. The molecular weight excluding hydrogens is 198 g/mol. The van der Waals surface area contributed by atoms with E-state index >= 15 is 0 Å². The van der Waals surface area contributed by atoms with Gasteiger partial charge in [0.25, 0.3) is 0 Å². The zero-order valence-electron chi connectivity index (χ0n) is 11.1. The maximum Gasteiger partial charge on any atom is 0.0572 e. The first-order chi connectivity index (χ1) is 7.66. The second-order valence-electron chi connectivity index (χ2n) is 6.11. The molecule has 2 heteroatoms. The van der Waals surface area contributed by atoms with Crippen molar-refractivity contribution in [2.24, 2.45) is 11.3 Å². The van der Waals surface area contributed by atoms with Crippen LogP contribution in [0.1, 0.15) is 52.4 Å². The van der Waals surface area contributed by atoms with Crippen molar-refractivity contribution in [3.8, 4) is 0 Å². The highest BCUT2D eigenvalue weighted by atomic mass is 16.5. The van der Waals surface area contributed by atoms with E-state index in [0.29, 0.717) is 11.5 Å². The van der Waals surface area contributed by atoms with E-state index in [9.17, 15) is 0 Å². The number of rotatable bonds is 5. The summed E-state index contributed by atoms with van der Waals surface area (Å²) in [5.41, 5.74) is 0.651. The largest absolute Gasteiger partial charge is 0.381 e. The number of hydrogen-bond donors (Lipinski definition) is 1. The third-order valence-electron chi connectivity index (χ3n) is 4.87. The minimum absolute atomic E-state index is 0.526. The van der Waals surface area contributed by atoms with Crippen LogP contribution in [0.3, 0.4) is 0 Å². The van der Waals surface area contributed by atoms with E-state index in [-0.39, 0.29) is 0 Å². The van der Waals surface area contributed by atoms with E-state index in [1.165, 1.54) is 45.1 Å². The number of ether oxygens (including phenoxy) is 1. The lowest BCUT2D eigenvalue weighted by molar-refractivity contribution is 0.0615. The highest BCUT2D eigenvalue weighted by Crippen LogP contribution is 2.51. The topological polar surface area (TPSA) is 21.3 Å². The fourth-order valence-corrected chi connectivity index (χ4v) is 2.97. The van der Waals surface area contributed by atoms with Gasteiger partial charge in [-0.15, -0.1) is 0 Å². The van der Waals surface area contributed by atoms with Crippen LogP contribution < -0.4 is 5.32 Å². The summed E-state index contributed by atoms with van der Waals surface area (Å²) in [5, 5.41) is 3.79. The van der Waals surface area contributed by atoms with E-state index in [1.807, 2.05) is 7.11 Å². The second-order valence-corrected chi connectivity index (χ2v) is 6.11. The van der Waals surface area contributed by atoms with Crippen LogP contribution >= 0.6 is 0 Å². The quantitative estimate of drug-likeness (QED) is 0.776. The van der Waals surface area contributed by atoms with Gasteiger partial charge < -0.3 is 10.1 Å². The van der Waals surface area contributed by atoms with Crippen LogP contribution in [0.15, 0.2) is 0 Å². The van der Waals surface area contributed by atoms with Crippen LogP contribution in [0.5, 0.6) is 0 Å². The molecule has 2 saturated carbocycles. The molecule has 0 unspecified atom stereocenters. The summed E-state index contributed by atoms with van der Waals surface area (Å²) in [6.45, 7) is 5.99. The van der Waals surface area contributed by atoms with Gasteiger partial charge in [0.1, 0.15) is 0 Å². The van der Waals surface area contributed by atoms with Gasteiger partial charge in [-0.3, -0.25) is 0 Å². The van der Waals surface area contributed by atoms with E-state index in [2.05, 4.69) is 19.2 Å². The van der Waals surface area contributed by atoms with Crippen LogP contribution in [0.25, 0.3) is 0 Å². The summed E-state index contributed by atoms with van der Waals surface area (Å²) in [6.07, 6.45) is 8.47. The van der Waals surface area contributed by atoms with Gasteiger partial charge in [-0.05, 0) is 49.9 Å². The Morgan fingerprint density at radius 3 is 2.25 bits per heavy atom. The molecule has 0 radical (unpaired) electrons. The zero-order valence-corrected chi connectivity index (χ0v) is 11.1. The highest BCUT2D eigenvalue weighted by molar-refractivity contribution is 4.98. The molecule has 0 aromatic heterocycles. The SMILES string of the molecule is COC1CCC(NCC2(C(C)C)CC2)CC1. The average molecular weight is 225 g/mol. The first-order valence-electron chi connectivity index (χ1n) is 6.92. The second kappa shape index (κ2) is 5.05. The molecular formula is C14H27NO. The molecule has 0 bridgehead atoms. The molecule has 0 aliphatic heterocycles. The third kappa shape index (κ3) is 2.78. The van der Waals surface area contributed by atoms with E-state index in [1.54, 1.807) is 0 Å². The molecule has 2 aliphatic rings. The van der Waals surface area contributed by atoms with Crippen LogP contribution in [-0.4, -0.2) is 25.8 Å². The van der Waals surface area contributed by atoms with Crippen LogP contribution in [0.2, 0.25) is 0 Å². The van der Waals surface area contributed by atoms with Gasteiger partial charge >= 0.3 is 0 Å². The predicted octanol–water partition coefficient (Wildman–Crippen LogP) is 2.97. The van der Waals surface area contributed by atoms with Gasteiger partial charge in [0.05, 0.1) is 6.10 Å². The molecule has 0 aromatic rings. The van der Waals surface area contributed by atoms with Crippen molar-refractivity contribution in [1.82, 2.24) is 5.32 Å².